The number of aryl methyl sites for hydroxylation is 1. The monoisotopic (exact) mass is 252 g/mol. The molecule has 1 rings (SSSR count). The van der Waals surface area contributed by atoms with Crippen LogP contribution in [0.2, 0.25) is 0 Å². The van der Waals surface area contributed by atoms with Gasteiger partial charge in [0.1, 0.15) is 5.69 Å². The normalized spacial score (nSPS) is 10.1. The maximum atomic E-state index is 10.8. The van der Waals surface area contributed by atoms with Gasteiger partial charge in [-0.2, -0.15) is 0 Å². The van der Waals surface area contributed by atoms with Crippen molar-refractivity contribution in [1.29, 1.82) is 0 Å². The molecular formula is C12H16N2O4. The van der Waals surface area contributed by atoms with E-state index in [4.69, 9.17) is 5.11 Å². The highest BCUT2D eigenvalue weighted by Crippen LogP contribution is 2.25. The van der Waals surface area contributed by atoms with Crippen LogP contribution in [-0.2, 0) is 4.79 Å². The third kappa shape index (κ3) is 4.40. The lowest BCUT2D eigenvalue weighted by molar-refractivity contribution is -0.384. The molecule has 2 N–H and O–H groups in total. The zero-order chi connectivity index (χ0) is 13.5. The summed E-state index contributed by atoms with van der Waals surface area (Å²) in [5, 5.41) is 22.3. The molecule has 0 bridgehead atoms. The lowest BCUT2D eigenvalue weighted by Gasteiger charge is -2.07. The van der Waals surface area contributed by atoms with Crippen molar-refractivity contribution in [2.24, 2.45) is 0 Å². The van der Waals surface area contributed by atoms with Gasteiger partial charge in [0.05, 0.1) is 4.92 Å². The quantitative estimate of drug-likeness (QED) is 0.442. The zero-order valence-electron chi connectivity index (χ0n) is 10.2. The van der Waals surface area contributed by atoms with E-state index in [2.05, 4.69) is 5.32 Å². The number of carboxylic acids is 1. The van der Waals surface area contributed by atoms with Crippen LogP contribution in [0.1, 0.15) is 24.8 Å². The zero-order valence-corrected chi connectivity index (χ0v) is 10.2. The first-order valence-corrected chi connectivity index (χ1v) is 5.71. The molecule has 18 heavy (non-hydrogen) atoms. The average Bonchev–Trinajstić information content (AvgIpc) is 2.29. The first kappa shape index (κ1) is 14.0. The van der Waals surface area contributed by atoms with E-state index in [0.717, 1.165) is 5.56 Å². The number of nitrogens with one attached hydrogen (secondary N) is 1. The van der Waals surface area contributed by atoms with Crippen LogP contribution >= 0.6 is 0 Å². The molecule has 98 valence electrons. The predicted molar refractivity (Wildman–Crippen MR) is 67.8 cm³/mol. The Kier molecular flexibility index (Phi) is 5.10. The smallest absolute Gasteiger partial charge is 0.303 e. The number of nitro benzene ring substituents is 1. The van der Waals surface area contributed by atoms with Crippen molar-refractivity contribution in [3.63, 3.8) is 0 Å². The Labute approximate surface area is 105 Å². The standard InChI is InChI=1S/C12H16N2O4/c1-9-5-6-10(11(8-9)14(17)18)13-7-3-2-4-12(15)16/h5-6,8,13H,2-4,7H2,1H3,(H,15,16). The maximum absolute atomic E-state index is 10.8. The number of nitrogens with zero attached hydrogens (tertiary/aromatic N) is 1. The SMILES string of the molecule is Cc1ccc(NCCCCC(=O)O)c([N+](=O)[O-])c1. The molecule has 0 radical (unpaired) electrons. The molecule has 1 aromatic rings. The summed E-state index contributed by atoms with van der Waals surface area (Å²) in [5.41, 5.74) is 1.35. The van der Waals surface area contributed by atoms with E-state index in [9.17, 15) is 14.9 Å². The topological polar surface area (TPSA) is 92.5 Å². The third-order valence-corrected chi connectivity index (χ3v) is 2.48. The van der Waals surface area contributed by atoms with Crippen molar-refractivity contribution in [3.05, 3.63) is 33.9 Å². The molecule has 0 aliphatic rings. The second-order valence-electron chi connectivity index (χ2n) is 4.06. The molecule has 0 saturated heterocycles. The van der Waals surface area contributed by atoms with E-state index < -0.39 is 10.9 Å². The number of carboxylic acid groups (broad SMARTS) is 1. The van der Waals surface area contributed by atoms with E-state index in [-0.39, 0.29) is 12.1 Å². The Morgan fingerprint density at radius 3 is 2.78 bits per heavy atom. The minimum atomic E-state index is -0.823. The highest BCUT2D eigenvalue weighted by molar-refractivity contribution is 5.66. The van der Waals surface area contributed by atoms with Gasteiger partial charge in [-0.05, 0) is 31.4 Å². The Hall–Kier alpha value is -2.11. The fourth-order valence-corrected chi connectivity index (χ4v) is 1.57. The third-order valence-electron chi connectivity index (χ3n) is 2.48. The maximum Gasteiger partial charge on any atom is 0.303 e. The van der Waals surface area contributed by atoms with E-state index >= 15 is 0 Å². The molecule has 1 aromatic carbocycles. The summed E-state index contributed by atoms with van der Waals surface area (Å²) in [6.07, 6.45) is 1.34. The van der Waals surface area contributed by atoms with Crippen LogP contribution in [0.3, 0.4) is 0 Å². The number of hydrogen-bond acceptors (Lipinski definition) is 4. The van der Waals surface area contributed by atoms with Gasteiger partial charge >= 0.3 is 5.97 Å². The molecule has 0 aliphatic carbocycles. The number of rotatable bonds is 7. The van der Waals surface area contributed by atoms with Crippen LogP contribution in [-0.4, -0.2) is 22.5 Å². The highest BCUT2D eigenvalue weighted by atomic mass is 16.6. The van der Waals surface area contributed by atoms with Crippen molar-refractivity contribution in [2.45, 2.75) is 26.2 Å². The molecule has 0 aliphatic heterocycles. The summed E-state index contributed by atoms with van der Waals surface area (Å²) >= 11 is 0. The van der Waals surface area contributed by atoms with E-state index in [1.54, 1.807) is 19.1 Å². The summed E-state index contributed by atoms with van der Waals surface area (Å²) in [7, 11) is 0. The Morgan fingerprint density at radius 2 is 2.17 bits per heavy atom. The lowest BCUT2D eigenvalue weighted by atomic mass is 10.2. The molecule has 0 aromatic heterocycles. The molecule has 0 heterocycles. The van der Waals surface area contributed by atoms with Crippen LogP contribution in [0, 0.1) is 17.0 Å². The van der Waals surface area contributed by atoms with Gasteiger partial charge in [-0.15, -0.1) is 0 Å². The second kappa shape index (κ2) is 6.58. The van der Waals surface area contributed by atoms with Crippen LogP contribution in [0.15, 0.2) is 18.2 Å². The number of hydrogen-bond donors (Lipinski definition) is 2. The number of anilines is 1. The number of carbonyl (C=O) groups is 1. The van der Waals surface area contributed by atoms with Gasteiger partial charge in [-0.25, -0.2) is 0 Å². The van der Waals surface area contributed by atoms with E-state index in [0.29, 0.717) is 25.1 Å². The van der Waals surface area contributed by atoms with Gasteiger partial charge in [0.25, 0.3) is 5.69 Å². The summed E-state index contributed by atoms with van der Waals surface area (Å²) in [4.78, 5) is 20.7. The van der Waals surface area contributed by atoms with Crippen molar-refractivity contribution in [2.75, 3.05) is 11.9 Å². The van der Waals surface area contributed by atoms with Gasteiger partial charge in [-0.1, -0.05) is 6.07 Å². The first-order chi connectivity index (χ1) is 8.50. The Morgan fingerprint density at radius 1 is 1.44 bits per heavy atom. The van der Waals surface area contributed by atoms with Gasteiger partial charge in [0.2, 0.25) is 0 Å². The van der Waals surface area contributed by atoms with Crippen LogP contribution in [0.25, 0.3) is 0 Å². The number of unbranched alkanes of at least 4 members (excludes halogenated alkanes) is 1. The molecular weight excluding hydrogens is 236 g/mol. The average molecular weight is 252 g/mol. The summed E-state index contributed by atoms with van der Waals surface area (Å²) < 4.78 is 0. The van der Waals surface area contributed by atoms with Crippen molar-refractivity contribution >= 4 is 17.3 Å². The van der Waals surface area contributed by atoms with Gasteiger partial charge in [0.15, 0.2) is 0 Å². The van der Waals surface area contributed by atoms with Gasteiger partial charge < -0.3 is 10.4 Å². The van der Waals surface area contributed by atoms with Gasteiger partial charge in [-0.3, -0.25) is 14.9 Å². The molecule has 0 amide bonds. The first-order valence-electron chi connectivity index (χ1n) is 5.71. The Balaban J connectivity index is 2.51. The van der Waals surface area contributed by atoms with Gasteiger partial charge in [0, 0.05) is 19.0 Å². The molecule has 6 heteroatoms. The predicted octanol–water partition coefficient (Wildman–Crippen LogP) is 2.57. The lowest BCUT2D eigenvalue weighted by Crippen LogP contribution is -2.05. The molecule has 0 saturated carbocycles. The number of benzene rings is 1. The highest BCUT2D eigenvalue weighted by Gasteiger charge is 2.12. The molecule has 0 atom stereocenters. The minimum absolute atomic E-state index is 0.0493. The van der Waals surface area contributed by atoms with Crippen LogP contribution < -0.4 is 5.32 Å². The summed E-state index contributed by atoms with van der Waals surface area (Å²) in [6, 6.07) is 4.98. The number of nitro groups is 1. The van der Waals surface area contributed by atoms with Crippen LogP contribution in [0.4, 0.5) is 11.4 Å². The second-order valence-corrected chi connectivity index (χ2v) is 4.06. The largest absolute Gasteiger partial charge is 0.481 e. The minimum Gasteiger partial charge on any atom is -0.481 e. The van der Waals surface area contributed by atoms with Crippen LogP contribution in [0.5, 0.6) is 0 Å². The van der Waals surface area contributed by atoms with E-state index in [1.165, 1.54) is 6.07 Å². The van der Waals surface area contributed by atoms with E-state index in [1.807, 2.05) is 0 Å². The Bertz CT molecular complexity index is 446. The number of aliphatic carboxylic acids is 1. The summed E-state index contributed by atoms with van der Waals surface area (Å²) in [5.74, 6) is -0.823. The van der Waals surface area contributed by atoms with Crippen molar-refractivity contribution < 1.29 is 14.8 Å². The fourth-order valence-electron chi connectivity index (χ4n) is 1.57. The molecule has 0 fully saturated rings. The van der Waals surface area contributed by atoms with Crippen molar-refractivity contribution in [3.8, 4) is 0 Å². The fraction of sp³-hybridized carbons (Fsp3) is 0.417. The molecule has 0 spiro atoms. The van der Waals surface area contributed by atoms with Crippen molar-refractivity contribution in [1.82, 2.24) is 0 Å². The summed E-state index contributed by atoms with van der Waals surface area (Å²) in [6.45, 7) is 2.32. The molecule has 6 nitrogen and oxygen atoms in total. The molecule has 0 unspecified atom stereocenters.